The summed E-state index contributed by atoms with van der Waals surface area (Å²) in [5.74, 6) is 0.477. The van der Waals surface area contributed by atoms with E-state index < -0.39 is 5.97 Å². The number of aryl methyl sites for hydroxylation is 2. The fraction of sp³-hybridized carbons (Fsp3) is 0.353. The number of ether oxygens (including phenoxy) is 1. The first kappa shape index (κ1) is 16.4. The van der Waals surface area contributed by atoms with Crippen molar-refractivity contribution in [3.05, 3.63) is 44.4 Å². The highest BCUT2D eigenvalue weighted by Crippen LogP contribution is 2.35. The lowest BCUT2D eigenvalue weighted by Crippen LogP contribution is -2.20. The van der Waals surface area contributed by atoms with E-state index in [0.717, 1.165) is 29.5 Å². The SMILES string of the molecule is COC(=O)c1ccoc1CSc1nc2sc3c(c2c(=O)n1C)CCC3. The van der Waals surface area contributed by atoms with Crippen LogP contribution in [0.2, 0.25) is 0 Å². The number of carbonyl (C=O) groups excluding carboxylic acids is 1. The molecule has 3 aromatic rings. The molecule has 0 atom stereocenters. The summed E-state index contributed by atoms with van der Waals surface area (Å²) >= 11 is 3.00. The Labute approximate surface area is 151 Å². The minimum absolute atomic E-state index is 0.000429. The Hall–Kier alpha value is -2.06. The van der Waals surface area contributed by atoms with Crippen molar-refractivity contribution in [2.75, 3.05) is 7.11 Å². The van der Waals surface area contributed by atoms with E-state index >= 15 is 0 Å². The van der Waals surface area contributed by atoms with Gasteiger partial charge in [0.2, 0.25) is 0 Å². The van der Waals surface area contributed by atoms with Crippen LogP contribution in [0.25, 0.3) is 10.2 Å². The number of rotatable bonds is 4. The Morgan fingerprint density at radius 3 is 3.12 bits per heavy atom. The van der Waals surface area contributed by atoms with Crippen LogP contribution < -0.4 is 5.56 Å². The molecular formula is C17H16N2O4S2. The van der Waals surface area contributed by atoms with Crippen LogP contribution in [-0.2, 0) is 30.4 Å². The molecule has 4 rings (SSSR count). The van der Waals surface area contributed by atoms with Gasteiger partial charge in [0, 0.05) is 11.9 Å². The molecule has 130 valence electrons. The molecular weight excluding hydrogens is 360 g/mol. The van der Waals surface area contributed by atoms with Crippen molar-refractivity contribution >= 4 is 39.3 Å². The predicted octanol–water partition coefficient (Wildman–Crippen LogP) is 3.16. The molecule has 1 aliphatic rings. The Balaban J connectivity index is 1.67. The number of thioether (sulfide) groups is 1. The molecule has 3 aromatic heterocycles. The highest BCUT2D eigenvalue weighted by atomic mass is 32.2. The average molecular weight is 376 g/mol. The lowest BCUT2D eigenvalue weighted by molar-refractivity contribution is 0.0598. The normalized spacial score (nSPS) is 13.4. The fourth-order valence-corrected chi connectivity index (χ4v) is 5.33. The van der Waals surface area contributed by atoms with Gasteiger partial charge in [-0.15, -0.1) is 11.3 Å². The number of esters is 1. The van der Waals surface area contributed by atoms with Crippen LogP contribution in [0.3, 0.4) is 0 Å². The zero-order valence-electron chi connectivity index (χ0n) is 13.8. The van der Waals surface area contributed by atoms with Gasteiger partial charge in [0.15, 0.2) is 5.16 Å². The van der Waals surface area contributed by atoms with Gasteiger partial charge in [-0.05, 0) is 30.9 Å². The molecule has 6 nitrogen and oxygen atoms in total. The number of hydrogen-bond acceptors (Lipinski definition) is 7. The summed E-state index contributed by atoms with van der Waals surface area (Å²) in [7, 11) is 3.07. The molecule has 1 aliphatic carbocycles. The zero-order chi connectivity index (χ0) is 17.6. The molecule has 8 heteroatoms. The van der Waals surface area contributed by atoms with Crippen LogP contribution in [0.5, 0.6) is 0 Å². The molecule has 0 spiro atoms. The number of hydrogen-bond donors (Lipinski definition) is 0. The van der Waals surface area contributed by atoms with Crippen LogP contribution in [0.15, 0.2) is 26.7 Å². The monoisotopic (exact) mass is 376 g/mol. The van der Waals surface area contributed by atoms with E-state index in [0.29, 0.717) is 22.2 Å². The molecule has 0 radical (unpaired) electrons. The van der Waals surface area contributed by atoms with Crippen molar-refractivity contribution in [1.82, 2.24) is 9.55 Å². The van der Waals surface area contributed by atoms with Crippen LogP contribution in [-0.4, -0.2) is 22.6 Å². The van der Waals surface area contributed by atoms with Gasteiger partial charge in [0.25, 0.3) is 5.56 Å². The third-order valence-electron chi connectivity index (χ3n) is 4.39. The second-order valence-corrected chi connectivity index (χ2v) is 7.86. The maximum absolute atomic E-state index is 12.8. The lowest BCUT2D eigenvalue weighted by Gasteiger charge is -2.07. The Morgan fingerprint density at radius 1 is 1.48 bits per heavy atom. The molecule has 0 unspecified atom stereocenters. The summed E-state index contributed by atoms with van der Waals surface area (Å²) < 4.78 is 11.7. The first-order valence-electron chi connectivity index (χ1n) is 7.89. The van der Waals surface area contributed by atoms with E-state index in [1.807, 2.05) is 0 Å². The molecule has 0 fully saturated rings. The summed E-state index contributed by atoms with van der Waals surface area (Å²) in [5, 5.41) is 1.39. The number of methoxy groups -OCH3 is 1. The first-order chi connectivity index (χ1) is 12.1. The Morgan fingerprint density at radius 2 is 2.32 bits per heavy atom. The molecule has 0 aliphatic heterocycles. The van der Waals surface area contributed by atoms with Gasteiger partial charge in [-0.3, -0.25) is 9.36 Å². The third kappa shape index (κ3) is 2.69. The fourth-order valence-electron chi connectivity index (χ4n) is 3.11. The van der Waals surface area contributed by atoms with E-state index in [1.165, 1.54) is 35.6 Å². The maximum Gasteiger partial charge on any atom is 0.341 e. The number of carbonyl (C=O) groups is 1. The number of aromatic nitrogens is 2. The minimum atomic E-state index is -0.434. The van der Waals surface area contributed by atoms with Crippen LogP contribution >= 0.6 is 23.1 Å². The van der Waals surface area contributed by atoms with Crippen molar-refractivity contribution in [1.29, 1.82) is 0 Å². The van der Waals surface area contributed by atoms with Gasteiger partial charge in [0.05, 0.1) is 24.5 Å². The average Bonchev–Trinajstić information content (AvgIpc) is 3.31. The second kappa shape index (κ2) is 6.34. The molecule has 0 aromatic carbocycles. The van der Waals surface area contributed by atoms with Crippen molar-refractivity contribution in [2.45, 2.75) is 30.2 Å². The van der Waals surface area contributed by atoms with Gasteiger partial charge in [-0.1, -0.05) is 11.8 Å². The van der Waals surface area contributed by atoms with Crippen molar-refractivity contribution in [3.63, 3.8) is 0 Å². The van der Waals surface area contributed by atoms with Gasteiger partial charge in [0.1, 0.15) is 16.2 Å². The smallest absolute Gasteiger partial charge is 0.341 e. The van der Waals surface area contributed by atoms with E-state index in [9.17, 15) is 9.59 Å². The van der Waals surface area contributed by atoms with Crippen molar-refractivity contribution in [3.8, 4) is 0 Å². The van der Waals surface area contributed by atoms with Crippen LogP contribution in [0, 0.1) is 0 Å². The Bertz CT molecular complexity index is 1030. The summed E-state index contributed by atoms with van der Waals surface area (Å²) in [4.78, 5) is 31.3. The lowest BCUT2D eigenvalue weighted by atomic mass is 10.2. The van der Waals surface area contributed by atoms with E-state index in [-0.39, 0.29) is 5.56 Å². The summed E-state index contributed by atoms with van der Waals surface area (Å²) in [5.41, 5.74) is 1.58. The first-order valence-corrected chi connectivity index (χ1v) is 9.69. The molecule has 0 saturated heterocycles. The third-order valence-corrected chi connectivity index (χ3v) is 6.60. The van der Waals surface area contributed by atoms with Gasteiger partial charge < -0.3 is 9.15 Å². The summed E-state index contributed by atoms with van der Waals surface area (Å²) in [6, 6.07) is 1.58. The molecule has 0 bridgehead atoms. The number of thiophene rings is 1. The standard InChI is InChI=1S/C17H16N2O4S2/c1-19-15(20)13-10-4-3-5-12(10)25-14(13)18-17(19)24-8-11-9(6-7-23-11)16(21)22-2/h6-7H,3-5,8H2,1-2H3. The van der Waals surface area contributed by atoms with Crippen molar-refractivity contribution < 1.29 is 13.9 Å². The van der Waals surface area contributed by atoms with Gasteiger partial charge >= 0.3 is 5.97 Å². The second-order valence-electron chi connectivity index (χ2n) is 5.83. The minimum Gasteiger partial charge on any atom is -0.468 e. The highest BCUT2D eigenvalue weighted by Gasteiger charge is 2.23. The van der Waals surface area contributed by atoms with E-state index in [1.54, 1.807) is 29.0 Å². The van der Waals surface area contributed by atoms with E-state index in [2.05, 4.69) is 4.98 Å². The summed E-state index contributed by atoms with van der Waals surface area (Å²) in [6.07, 6.45) is 4.58. The number of furan rings is 1. The maximum atomic E-state index is 12.8. The Kier molecular flexibility index (Phi) is 4.16. The van der Waals surface area contributed by atoms with Gasteiger partial charge in [-0.2, -0.15) is 0 Å². The van der Waals surface area contributed by atoms with Crippen LogP contribution in [0.1, 0.15) is 33.0 Å². The predicted molar refractivity (Wildman–Crippen MR) is 96.5 cm³/mol. The molecule has 0 saturated carbocycles. The largest absolute Gasteiger partial charge is 0.468 e. The molecule has 25 heavy (non-hydrogen) atoms. The highest BCUT2D eigenvalue weighted by molar-refractivity contribution is 7.98. The summed E-state index contributed by atoms with van der Waals surface area (Å²) in [6.45, 7) is 0. The topological polar surface area (TPSA) is 74.3 Å². The van der Waals surface area contributed by atoms with E-state index in [4.69, 9.17) is 9.15 Å². The van der Waals surface area contributed by atoms with Crippen LogP contribution in [0.4, 0.5) is 0 Å². The molecule has 0 amide bonds. The quantitative estimate of drug-likeness (QED) is 0.396. The number of nitrogens with zero attached hydrogens (tertiary/aromatic N) is 2. The molecule has 3 heterocycles. The number of fused-ring (bicyclic) bond motifs is 3. The van der Waals surface area contributed by atoms with Gasteiger partial charge in [-0.25, -0.2) is 9.78 Å². The zero-order valence-corrected chi connectivity index (χ0v) is 15.5. The van der Waals surface area contributed by atoms with Crippen molar-refractivity contribution in [2.24, 2.45) is 7.05 Å². The molecule has 0 N–H and O–H groups in total.